The molecule has 1 aliphatic heterocycles. The molecule has 0 saturated heterocycles. The van der Waals surface area contributed by atoms with E-state index in [4.69, 9.17) is 19.0 Å². The fourth-order valence-electron chi connectivity index (χ4n) is 4.13. The lowest BCUT2D eigenvalue weighted by molar-refractivity contribution is 0.204. The zero-order valence-electron chi connectivity index (χ0n) is 20.7. The Balaban J connectivity index is 1.72. The molecule has 8 heteroatoms. The first-order valence-corrected chi connectivity index (χ1v) is 12.1. The molecule has 3 aromatic rings. The second-order valence-corrected chi connectivity index (χ2v) is 8.27. The molecule has 1 atom stereocenters. The van der Waals surface area contributed by atoms with Gasteiger partial charge in [-0.15, -0.1) is 0 Å². The molecule has 2 aromatic carbocycles. The van der Waals surface area contributed by atoms with Crippen LogP contribution < -0.4 is 14.8 Å². The lowest BCUT2D eigenvalue weighted by Gasteiger charge is -2.35. The van der Waals surface area contributed by atoms with E-state index in [1.54, 1.807) is 4.90 Å². The Bertz CT molecular complexity index is 1170. The average Bonchev–Trinajstić information content (AvgIpc) is 3.35. The maximum absolute atomic E-state index is 13.0. The number of hydrogen-bond donors (Lipinski definition) is 1. The summed E-state index contributed by atoms with van der Waals surface area (Å²) in [6.07, 6.45) is 1.88. The Hall–Kier alpha value is -3.81. The topological polar surface area (TPSA) is 89.7 Å². The number of amides is 2. The lowest BCUT2D eigenvalue weighted by atomic mass is 9.94. The van der Waals surface area contributed by atoms with Gasteiger partial charge in [0.25, 0.3) is 5.89 Å². The first-order valence-electron chi connectivity index (χ1n) is 12.1. The molecule has 2 heterocycles. The maximum atomic E-state index is 13.0. The normalized spacial score (nSPS) is 15.8. The highest BCUT2D eigenvalue weighted by Crippen LogP contribution is 2.38. The second kappa shape index (κ2) is 11.1. The predicted molar refractivity (Wildman–Crippen MR) is 134 cm³/mol. The monoisotopic (exact) mass is 476 g/mol. The van der Waals surface area contributed by atoms with Crippen molar-refractivity contribution in [3.05, 3.63) is 65.7 Å². The molecule has 4 rings (SSSR count). The van der Waals surface area contributed by atoms with E-state index in [1.807, 2.05) is 69.3 Å². The molecule has 1 aliphatic rings. The van der Waals surface area contributed by atoms with Gasteiger partial charge >= 0.3 is 6.03 Å². The Labute approximate surface area is 205 Å². The second-order valence-electron chi connectivity index (χ2n) is 8.27. The smallest absolute Gasteiger partial charge is 0.322 e. The summed E-state index contributed by atoms with van der Waals surface area (Å²) in [5.74, 6) is 2.42. The molecule has 0 radical (unpaired) electrons. The third kappa shape index (κ3) is 5.31. The molecule has 2 amide bonds. The van der Waals surface area contributed by atoms with Crippen LogP contribution in [-0.4, -0.2) is 40.8 Å². The minimum Gasteiger partial charge on any atom is -0.494 e. The molecule has 8 nitrogen and oxygen atoms in total. The van der Waals surface area contributed by atoms with Gasteiger partial charge in [0.2, 0.25) is 5.82 Å². The van der Waals surface area contributed by atoms with E-state index in [1.165, 1.54) is 0 Å². The van der Waals surface area contributed by atoms with Gasteiger partial charge in [0.1, 0.15) is 11.5 Å². The number of urea groups is 1. The first-order chi connectivity index (χ1) is 17.0. The van der Waals surface area contributed by atoms with Crippen molar-refractivity contribution in [2.24, 2.45) is 0 Å². The largest absolute Gasteiger partial charge is 0.494 e. The van der Waals surface area contributed by atoms with Gasteiger partial charge in [-0.1, -0.05) is 30.6 Å². The fourth-order valence-corrected chi connectivity index (χ4v) is 4.13. The number of benzene rings is 2. The summed E-state index contributed by atoms with van der Waals surface area (Å²) < 4.78 is 16.9. The van der Waals surface area contributed by atoms with Crippen molar-refractivity contribution in [1.82, 2.24) is 20.4 Å². The van der Waals surface area contributed by atoms with E-state index < -0.39 is 6.04 Å². The Morgan fingerprint density at radius 3 is 2.20 bits per heavy atom. The van der Waals surface area contributed by atoms with Crippen LogP contribution in [0.5, 0.6) is 11.5 Å². The molecule has 35 heavy (non-hydrogen) atoms. The maximum Gasteiger partial charge on any atom is 0.322 e. The molecule has 0 spiro atoms. The van der Waals surface area contributed by atoms with Gasteiger partial charge in [0, 0.05) is 17.8 Å². The average molecular weight is 477 g/mol. The predicted octanol–water partition coefficient (Wildman–Crippen LogP) is 5.83. The van der Waals surface area contributed by atoms with E-state index in [9.17, 15) is 4.79 Å². The van der Waals surface area contributed by atoms with Gasteiger partial charge in [0.15, 0.2) is 0 Å². The molecule has 1 unspecified atom stereocenters. The van der Waals surface area contributed by atoms with Crippen LogP contribution in [0.1, 0.15) is 58.0 Å². The van der Waals surface area contributed by atoms with Gasteiger partial charge in [-0.3, -0.25) is 4.90 Å². The lowest BCUT2D eigenvalue weighted by Crippen LogP contribution is -2.46. The molecule has 0 fully saturated rings. The van der Waals surface area contributed by atoms with Gasteiger partial charge in [0.05, 0.1) is 24.8 Å². The third-order valence-electron chi connectivity index (χ3n) is 5.94. The third-order valence-corrected chi connectivity index (χ3v) is 5.94. The minimum atomic E-state index is -0.426. The van der Waals surface area contributed by atoms with Crippen LogP contribution >= 0.6 is 0 Å². The Morgan fingerprint density at radius 1 is 0.971 bits per heavy atom. The Kier molecular flexibility index (Phi) is 7.70. The number of aromatic nitrogens is 2. The number of nitrogens with one attached hydrogen (secondary N) is 1. The van der Waals surface area contributed by atoms with Crippen LogP contribution in [-0.2, 0) is 0 Å². The number of rotatable bonds is 10. The van der Waals surface area contributed by atoms with Crippen LogP contribution in [0.15, 0.2) is 58.8 Å². The van der Waals surface area contributed by atoms with Crippen molar-refractivity contribution < 1.29 is 18.8 Å². The van der Waals surface area contributed by atoms with Crippen LogP contribution in [0.3, 0.4) is 0 Å². The zero-order chi connectivity index (χ0) is 24.8. The van der Waals surface area contributed by atoms with E-state index in [0.29, 0.717) is 31.5 Å². The molecule has 0 bridgehead atoms. The number of carbonyl (C=O) groups is 1. The summed E-state index contributed by atoms with van der Waals surface area (Å²) in [7, 11) is 0. The fraction of sp³-hybridized carbons (Fsp3) is 0.370. The highest BCUT2D eigenvalue weighted by molar-refractivity contribution is 5.86. The van der Waals surface area contributed by atoms with E-state index in [2.05, 4.69) is 17.4 Å². The van der Waals surface area contributed by atoms with Crippen molar-refractivity contribution in [3.8, 4) is 22.9 Å². The van der Waals surface area contributed by atoms with Gasteiger partial charge < -0.3 is 19.3 Å². The van der Waals surface area contributed by atoms with E-state index in [0.717, 1.165) is 46.7 Å². The molecular weight excluding hydrogens is 444 g/mol. The molecule has 1 N–H and O–H groups in total. The number of allylic oxidation sites excluding steroid dienone is 1. The standard InChI is InChI=1S/C27H32N4O4/c1-5-8-17-31-18(4)23(24(28-27(31)32)19-9-13-21(14-10-19)33-6-2)26-29-25(30-35-26)20-11-15-22(16-12-20)34-7-3/h9-16,24H,5-8,17H2,1-4H3,(H,28,32). The van der Waals surface area contributed by atoms with Crippen LogP contribution in [0.2, 0.25) is 0 Å². The van der Waals surface area contributed by atoms with Gasteiger partial charge in [-0.05, 0) is 69.2 Å². The number of hydrogen-bond acceptors (Lipinski definition) is 6. The van der Waals surface area contributed by atoms with Gasteiger partial charge in [-0.25, -0.2) is 4.79 Å². The van der Waals surface area contributed by atoms with Crippen LogP contribution in [0.25, 0.3) is 17.0 Å². The number of ether oxygens (including phenoxy) is 2. The Morgan fingerprint density at radius 2 is 1.60 bits per heavy atom. The molecule has 0 aliphatic carbocycles. The van der Waals surface area contributed by atoms with Crippen molar-refractivity contribution in [2.75, 3.05) is 19.8 Å². The number of nitrogens with zero attached hydrogens (tertiary/aromatic N) is 3. The molecule has 0 saturated carbocycles. The van der Waals surface area contributed by atoms with Crippen molar-refractivity contribution in [2.45, 2.75) is 46.6 Å². The van der Waals surface area contributed by atoms with Crippen LogP contribution in [0.4, 0.5) is 4.79 Å². The summed E-state index contributed by atoms with van der Waals surface area (Å²) in [5.41, 5.74) is 3.33. The van der Waals surface area contributed by atoms with Crippen molar-refractivity contribution in [3.63, 3.8) is 0 Å². The summed E-state index contributed by atoms with van der Waals surface area (Å²) >= 11 is 0. The zero-order valence-corrected chi connectivity index (χ0v) is 20.7. The number of unbranched alkanes of at least 4 members (excludes halogenated alkanes) is 1. The molecule has 184 valence electrons. The van der Waals surface area contributed by atoms with E-state index >= 15 is 0 Å². The summed E-state index contributed by atoms with van der Waals surface area (Å²) in [4.78, 5) is 19.5. The summed E-state index contributed by atoms with van der Waals surface area (Å²) in [5, 5.41) is 7.37. The molecule has 1 aromatic heterocycles. The highest BCUT2D eigenvalue weighted by atomic mass is 16.5. The highest BCUT2D eigenvalue weighted by Gasteiger charge is 2.35. The summed E-state index contributed by atoms with van der Waals surface area (Å²) in [6, 6.07) is 14.7. The number of carbonyl (C=O) groups excluding carboxylic acids is 1. The first kappa shape index (κ1) is 24.3. The van der Waals surface area contributed by atoms with Crippen molar-refractivity contribution in [1.29, 1.82) is 0 Å². The minimum absolute atomic E-state index is 0.134. The van der Waals surface area contributed by atoms with E-state index in [-0.39, 0.29) is 6.03 Å². The molecular formula is C27H32N4O4. The van der Waals surface area contributed by atoms with Crippen LogP contribution in [0, 0.1) is 0 Å². The SMILES string of the molecule is CCCCN1C(=O)NC(c2ccc(OCC)cc2)C(c2nc(-c3ccc(OCC)cc3)no2)=C1C. The van der Waals surface area contributed by atoms with Crippen molar-refractivity contribution >= 4 is 11.6 Å². The summed E-state index contributed by atoms with van der Waals surface area (Å²) in [6.45, 7) is 9.74. The van der Waals surface area contributed by atoms with Gasteiger partial charge in [-0.2, -0.15) is 4.98 Å². The quantitative estimate of drug-likeness (QED) is 0.396.